The molecule has 44 heavy (non-hydrogen) atoms. The fraction of sp³-hybridized carbons (Fsp3) is 0.143. The summed E-state index contributed by atoms with van der Waals surface area (Å²) >= 11 is -0.949. The number of hydrogen-bond acceptors (Lipinski definition) is 0. The van der Waals surface area contributed by atoms with E-state index in [2.05, 4.69) is 148 Å². The van der Waals surface area contributed by atoms with Crippen LogP contribution in [0.5, 0.6) is 0 Å². The molecule has 0 fully saturated rings. The Bertz CT molecular complexity index is 2100. The number of fused-ring (bicyclic) bond motifs is 10. The van der Waals surface area contributed by atoms with Crippen molar-refractivity contribution in [3.05, 3.63) is 155 Å². The molecule has 6 aromatic rings. The molecule has 3 aliphatic rings. The SMILES string of the molecule is CC1=C2c3c(-c4cccc5ccccc45)cccc3[CH]1[Zr][CH]1C(C)=C(c3c(-c4cccc5ccccc45)cccc31)[Si]2(C)C. The van der Waals surface area contributed by atoms with E-state index in [9.17, 15) is 0 Å². The topological polar surface area (TPSA) is 0 Å². The van der Waals surface area contributed by atoms with Gasteiger partial charge in [-0.25, -0.2) is 0 Å². The van der Waals surface area contributed by atoms with E-state index in [4.69, 9.17) is 0 Å². The molecule has 210 valence electrons. The molecular weight excluding hydrogens is 624 g/mol. The van der Waals surface area contributed by atoms with Gasteiger partial charge in [-0.05, 0) is 0 Å². The Morgan fingerprint density at radius 2 is 0.841 bits per heavy atom. The van der Waals surface area contributed by atoms with Gasteiger partial charge in [-0.15, -0.1) is 0 Å². The zero-order valence-corrected chi connectivity index (χ0v) is 29.2. The van der Waals surface area contributed by atoms with E-state index in [-0.39, 0.29) is 0 Å². The molecule has 2 heteroatoms. The second kappa shape index (κ2) is 9.71. The number of benzene rings is 6. The van der Waals surface area contributed by atoms with E-state index in [0.29, 0.717) is 7.25 Å². The molecule has 1 heterocycles. The number of hydrogen-bond donors (Lipinski definition) is 0. The zero-order valence-electron chi connectivity index (χ0n) is 25.7. The van der Waals surface area contributed by atoms with Crippen molar-refractivity contribution in [2.45, 2.75) is 34.2 Å². The summed E-state index contributed by atoms with van der Waals surface area (Å²) in [4.78, 5) is 0. The maximum atomic E-state index is 2.67. The molecule has 1 aliphatic heterocycles. The third-order valence-corrected chi connectivity index (χ3v) is 19.8. The fourth-order valence-corrected chi connectivity index (χ4v) is 18.9. The predicted octanol–water partition coefficient (Wildman–Crippen LogP) is 11.6. The molecule has 6 aromatic carbocycles. The molecule has 0 saturated heterocycles. The van der Waals surface area contributed by atoms with Crippen LogP contribution in [-0.2, 0) is 23.2 Å². The van der Waals surface area contributed by atoms with Crippen LogP contribution in [0.2, 0.25) is 13.1 Å². The van der Waals surface area contributed by atoms with Gasteiger partial charge in [-0.2, -0.15) is 0 Å². The van der Waals surface area contributed by atoms with Crippen LogP contribution in [0.25, 0.3) is 54.2 Å². The van der Waals surface area contributed by atoms with E-state index in [1.807, 2.05) is 0 Å². The number of rotatable bonds is 2. The molecule has 0 spiro atoms. The van der Waals surface area contributed by atoms with Crippen molar-refractivity contribution in [3.63, 3.8) is 0 Å². The Hall–Kier alpha value is -3.58. The second-order valence-corrected chi connectivity index (χ2v) is 21.3. The van der Waals surface area contributed by atoms with E-state index >= 15 is 0 Å². The minimum absolute atomic E-state index is 0.624. The molecule has 9 rings (SSSR count). The predicted molar refractivity (Wildman–Crippen MR) is 187 cm³/mol. The van der Waals surface area contributed by atoms with Crippen LogP contribution in [0.4, 0.5) is 0 Å². The summed E-state index contributed by atoms with van der Waals surface area (Å²) in [5, 5.41) is 8.80. The van der Waals surface area contributed by atoms with Gasteiger partial charge < -0.3 is 0 Å². The van der Waals surface area contributed by atoms with Gasteiger partial charge in [0, 0.05) is 0 Å². The summed E-state index contributed by atoms with van der Waals surface area (Å²) in [6.07, 6.45) is 0. The summed E-state index contributed by atoms with van der Waals surface area (Å²) in [6.45, 7) is 10.4. The summed E-state index contributed by atoms with van der Waals surface area (Å²) in [5.74, 6) is 0. The van der Waals surface area contributed by atoms with Crippen LogP contribution in [0.3, 0.4) is 0 Å². The molecule has 2 unspecified atom stereocenters. The van der Waals surface area contributed by atoms with Gasteiger partial charge in [0.25, 0.3) is 0 Å². The minimum atomic E-state index is -2.15. The first-order valence-corrected chi connectivity index (χ1v) is 21.7. The summed E-state index contributed by atoms with van der Waals surface area (Å²) in [5.41, 5.74) is 15.5. The van der Waals surface area contributed by atoms with Crippen molar-refractivity contribution in [2.75, 3.05) is 0 Å². The molecule has 4 bridgehead atoms. The Balaban J connectivity index is 1.31. The Morgan fingerprint density at radius 3 is 1.32 bits per heavy atom. The molecule has 0 saturated carbocycles. The van der Waals surface area contributed by atoms with Gasteiger partial charge in [0.1, 0.15) is 0 Å². The fourth-order valence-electron chi connectivity index (χ4n) is 9.03. The third kappa shape index (κ3) is 3.59. The third-order valence-electron chi connectivity index (χ3n) is 10.7. The molecule has 0 radical (unpaired) electrons. The molecule has 2 atom stereocenters. The van der Waals surface area contributed by atoms with Crippen LogP contribution >= 0.6 is 0 Å². The van der Waals surface area contributed by atoms with Gasteiger partial charge in [0.05, 0.1) is 0 Å². The first kappa shape index (κ1) is 26.8. The summed E-state index contributed by atoms with van der Waals surface area (Å²) in [6, 6.07) is 46.1. The summed E-state index contributed by atoms with van der Waals surface area (Å²) < 4.78 is 1.25. The van der Waals surface area contributed by atoms with Gasteiger partial charge in [-0.3, -0.25) is 0 Å². The monoisotopic (exact) mass is 656 g/mol. The zero-order chi connectivity index (χ0) is 29.7. The first-order chi connectivity index (χ1) is 21.4. The quantitative estimate of drug-likeness (QED) is 0.163. The van der Waals surface area contributed by atoms with Crippen LogP contribution < -0.4 is 0 Å². The van der Waals surface area contributed by atoms with Crippen LogP contribution in [0, 0.1) is 0 Å². The average molecular weight is 658 g/mol. The summed E-state index contributed by atoms with van der Waals surface area (Å²) in [7, 11) is -2.15. The van der Waals surface area contributed by atoms with E-state index in [1.54, 1.807) is 43.8 Å². The van der Waals surface area contributed by atoms with Crippen LogP contribution in [0.1, 0.15) is 43.4 Å². The van der Waals surface area contributed by atoms with Crippen molar-refractivity contribution in [1.82, 2.24) is 0 Å². The second-order valence-electron chi connectivity index (χ2n) is 13.4. The van der Waals surface area contributed by atoms with E-state index in [0.717, 1.165) is 0 Å². The standard InChI is InChI=1S/C42H34Si.Zr/c1-27-25-31-17-11-23-37(35-21-9-15-29-13-5-7-19-33(29)35)39(31)41(27)43(3,4)42-28(2)26-32-18-12-24-38(40(32)42)36-22-10-16-30-14-6-8-20-34(30)36;/h5-26H,1-4H3;. The maximum absolute atomic E-state index is 2.67. The van der Waals surface area contributed by atoms with Crippen molar-refractivity contribution in [3.8, 4) is 22.3 Å². The Kier molecular flexibility index (Phi) is 5.91. The van der Waals surface area contributed by atoms with Crippen molar-refractivity contribution in [1.29, 1.82) is 0 Å². The van der Waals surface area contributed by atoms with Crippen LogP contribution in [0.15, 0.2) is 132 Å². The van der Waals surface area contributed by atoms with Crippen molar-refractivity contribution in [2.24, 2.45) is 0 Å². The first-order valence-electron chi connectivity index (χ1n) is 15.9. The molecule has 2 aliphatic carbocycles. The average Bonchev–Trinajstić information content (AvgIpc) is 3.52. The molecule has 0 aromatic heterocycles. The van der Waals surface area contributed by atoms with E-state index in [1.165, 1.54) is 43.8 Å². The normalized spacial score (nSPS) is 19.5. The van der Waals surface area contributed by atoms with Crippen LogP contribution in [-0.4, -0.2) is 8.07 Å². The number of allylic oxidation sites excluding steroid dienone is 2. The molecule has 0 nitrogen and oxygen atoms in total. The van der Waals surface area contributed by atoms with Crippen molar-refractivity contribution < 1.29 is 23.2 Å². The molecule has 0 amide bonds. The molecular formula is C42H34SiZr. The van der Waals surface area contributed by atoms with E-state index < -0.39 is 31.3 Å². The molecule has 0 N–H and O–H groups in total. The van der Waals surface area contributed by atoms with Gasteiger partial charge in [0.15, 0.2) is 0 Å². The Labute approximate surface area is 272 Å². The van der Waals surface area contributed by atoms with Gasteiger partial charge in [0.2, 0.25) is 0 Å². The van der Waals surface area contributed by atoms with Gasteiger partial charge >= 0.3 is 274 Å². The van der Waals surface area contributed by atoms with Gasteiger partial charge in [-0.1, -0.05) is 0 Å². The van der Waals surface area contributed by atoms with Crippen molar-refractivity contribution >= 4 is 40.0 Å². The Morgan fingerprint density at radius 1 is 0.455 bits per heavy atom.